The van der Waals surface area contributed by atoms with E-state index in [0.29, 0.717) is 6.10 Å². The average Bonchev–Trinajstić information content (AvgIpc) is 2.54. The second kappa shape index (κ2) is 2.86. The maximum atomic E-state index is 8.60. The van der Waals surface area contributed by atoms with Crippen molar-refractivity contribution in [3.05, 3.63) is 11.8 Å². The van der Waals surface area contributed by atoms with Gasteiger partial charge in [-0.3, -0.25) is 0 Å². The Morgan fingerprint density at radius 2 is 2.18 bits per heavy atom. The highest BCUT2D eigenvalue weighted by Crippen LogP contribution is 2.38. The van der Waals surface area contributed by atoms with Gasteiger partial charge >= 0.3 is 0 Å². The highest BCUT2D eigenvalue weighted by atomic mass is 16.6. The van der Waals surface area contributed by atoms with Gasteiger partial charge < -0.3 is 9.84 Å². The van der Waals surface area contributed by atoms with E-state index in [1.807, 2.05) is 6.92 Å². The molecule has 1 saturated heterocycles. The van der Waals surface area contributed by atoms with Crippen molar-refractivity contribution >= 4 is 0 Å². The second-order valence-corrected chi connectivity index (χ2v) is 3.72. The molecule has 64 valence electrons. The maximum absolute atomic E-state index is 8.60. The lowest BCUT2D eigenvalue weighted by Gasteiger charge is -1.97. The molecule has 2 heteroatoms. The van der Waals surface area contributed by atoms with Crippen LogP contribution in [0.4, 0.5) is 0 Å². The van der Waals surface area contributed by atoms with Crippen molar-refractivity contribution in [3.63, 3.8) is 0 Å². The topological polar surface area (TPSA) is 32.8 Å². The predicted octanol–water partition coefficient (Wildman–Crippen LogP) is 2.41. The summed E-state index contributed by atoms with van der Waals surface area (Å²) >= 11 is 0. The van der Waals surface area contributed by atoms with Crippen molar-refractivity contribution in [2.45, 2.75) is 45.3 Å². The zero-order chi connectivity index (χ0) is 8.48. The molecule has 0 aliphatic carbocycles. The van der Waals surface area contributed by atoms with Crippen LogP contribution in [0.25, 0.3) is 0 Å². The fraction of sp³-hybridized carbons (Fsp3) is 0.778. The number of epoxide rings is 1. The molecule has 1 aliphatic rings. The minimum Gasteiger partial charge on any atom is -0.516 e. The zero-order valence-corrected chi connectivity index (χ0v) is 7.42. The lowest BCUT2D eigenvalue weighted by Crippen LogP contribution is -2.02. The molecule has 1 fully saturated rings. The molecule has 1 aliphatic heterocycles. The molecule has 1 atom stereocenters. The molecule has 11 heavy (non-hydrogen) atoms. The van der Waals surface area contributed by atoms with Crippen LogP contribution in [0.5, 0.6) is 0 Å². The molecule has 0 spiro atoms. The molecule has 0 amide bonds. The van der Waals surface area contributed by atoms with Crippen LogP contribution in [0.2, 0.25) is 0 Å². The van der Waals surface area contributed by atoms with Crippen LogP contribution < -0.4 is 0 Å². The molecule has 1 rings (SSSR count). The predicted molar refractivity (Wildman–Crippen MR) is 44.6 cm³/mol. The third-order valence-electron chi connectivity index (χ3n) is 2.19. The van der Waals surface area contributed by atoms with E-state index in [0.717, 1.165) is 18.4 Å². The van der Waals surface area contributed by atoms with Crippen molar-refractivity contribution in [1.82, 2.24) is 0 Å². The Labute approximate surface area is 67.9 Å². The van der Waals surface area contributed by atoms with E-state index in [9.17, 15) is 0 Å². The van der Waals surface area contributed by atoms with Gasteiger partial charge in [0.15, 0.2) is 0 Å². The minimum atomic E-state index is 0.0930. The van der Waals surface area contributed by atoms with E-state index in [1.54, 1.807) is 0 Å². The van der Waals surface area contributed by atoms with Crippen LogP contribution in [0.1, 0.15) is 33.6 Å². The van der Waals surface area contributed by atoms with E-state index < -0.39 is 0 Å². The number of hydrogen-bond acceptors (Lipinski definition) is 2. The van der Waals surface area contributed by atoms with Crippen molar-refractivity contribution < 1.29 is 9.84 Å². The molecule has 1 unspecified atom stereocenters. The number of allylic oxidation sites excluding steroid dienone is 1. The molecule has 0 aromatic rings. The highest BCUT2D eigenvalue weighted by molar-refractivity contribution is 4.99. The summed E-state index contributed by atoms with van der Waals surface area (Å²) < 4.78 is 5.39. The maximum Gasteiger partial charge on any atom is 0.0892 e. The lowest BCUT2D eigenvalue weighted by atomic mass is 10.0. The third kappa shape index (κ3) is 2.22. The summed E-state index contributed by atoms with van der Waals surface area (Å²) in [5.41, 5.74) is 1.12. The minimum absolute atomic E-state index is 0.0930. The van der Waals surface area contributed by atoms with Crippen LogP contribution in [0, 0.1) is 0 Å². The molecular formula is C9H16O2. The molecule has 0 aromatic carbocycles. The van der Waals surface area contributed by atoms with Gasteiger partial charge in [-0.25, -0.2) is 0 Å². The summed E-state index contributed by atoms with van der Waals surface area (Å²) in [4.78, 5) is 0. The SMILES string of the molecule is CC(=CO)CCC1OC1(C)C. The number of aliphatic hydroxyl groups is 1. The largest absolute Gasteiger partial charge is 0.516 e. The Morgan fingerprint density at radius 3 is 2.55 bits per heavy atom. The van der Waals surface area contributed by atoms with Gasteiger partial charge in [0.25, 0.3) is 0 Å². The van der Waals surface area contributed by atoms with E-state index in [2.05, 4.69) is 13.8 Å². The van der Waals surface area contributed by atoms with E-state index in [4.69, 9.17) is 9.84 Å². The van der Waals surface area contributed by atoms with E-state index >= 15 is 0 Å². The van der Waals surface area contributed by atoms with E-state index in [-0.39, 0.29) is 5.60 Å². The smallest absolute Gasteiger partial charge is 0.0892 e. The van der Waals surface area contributed by atoms with Gasteiger partial charge in [0.2, 0.25) is 0 Å². The molecular weight excluding hydrogens is 140 g/mol. The number of ether oxygens (including phenoxy) is 1. The standard InChI is InChI=1S/C9H16O2/c1-7(6-10)4-5-8-9(2,3)11-8/h6,8,10H,4-5H2,1-3H3. The molecule has 0 radical (unpaired) electrons. The number of aliphatic hydroxyl groups excluding tert-OH is 1. The van der Waals surface area contributed by atoms with Gasteiger partial charge in [0.05, 0.1) is 18.0 Å². The first-order chi connectivity index (χ1) is 5.06. The Kier molecular flexibility index (Phi) is 2.23. The molecule has 1 N–H and O–H groups in total. The van der Waals surface area contributed by atoms with Gasteiger partial charge in [-0.15, -0.1) is 0 Å². The molecule has 2 nitrogen and oxygen atoms in total. The van der Waals surface area contributed by atoms with Crippen molar-refractivity contribution in [2.75, 3.05) is 0 Å². The van der Waals surface area contributed by atoms with Crippen molar-refractivity contribution in [3.8, 4) is 0 Å². The Balaban J connectivity index is 2.16. The van der Waals surface area contributed by atoms with Gasteiger partial charge in [-0.05, 0) is 39.2 Å². The van der Waals surface area contributed by atoms with Crippen LogP contribution in [-0.2, 0) is 4.74 Å². The Bertz CT molecular complexity index is 170. The van der Waals surface area contributed by atoms with Gasteiger partial charge in [-0.1, -0.05) is 0 Å². The number of rotatable bonds is 3. The quantitative estimate of drug-likeness (QED) is 0.502. The van der Waals surface area contributed by atoms with Gasteiger partial charge in [0.1, 0.15) is 0 Å². The zero-order valence-electron chi connectivity index (χ0n) is 7.42. The molecule has 0 bridgehead atoms. The second-order valence-electron chi connectivity index (χ2n) is 3.72. The van der Waals surface area contributed by atoms with Crippen LogP contribution in [-0.4, -0.2) is 16.8 Å². The van der Waals surface area contributed by atoms with Crippen molar-refractivity contribution in [2.24, 2.45) is 0 Å². The third-order valence-corrected chi connectivity index (χ3v) is 2.19. The van der Waals surface area contributed by atoms with Gasteiger partial charge in [-0.2, -0.15) is 0 Å². The first-order valence-electron chi connectivity index (χ1n) is 4.04. The summed E-state index contributed by atoms with van der Waals surface area (Å²) in [5.74, 6) is 0. The normalized spacial score (nSPS) is 28.6. The lowest BCUT2D eigenvalue weighted by molar-refractivity contribution is 0.320. The first kappa shape index (κ1) is 8.60. The van der Waals surface area contributed by atoms with Crippen LogP contribution in [0.15, 0.2) is 11.8 Å². The Morgan fingerprint density at radius 1 is 1.64 bits per heavy atom. The average molecular weight is 156 g/mol. The van der Waals surface area contributed by atoms with E-state index in [1.165, 1.54) is 6.26 Å². The summed E-state index contributed by atoms with van der Waals surface area (Å²) in [6.45, 7) is 6.11. The van der Waals surface area contributed by atoms with Gasteiger partial charge in [0, 0.05) is 0 Å². The summed E-state index contributed by atoms with van der Waals surface area (Å²) in [6, 6.07) is 0. The monoisotopic (exact) mass is 156 g/mol. The fourth-order valence-corrected chi connectivity index (χ4v) is 1.16. The first-order valence-corrected chi connectivity index (χ1v) is 4.04. The summed E-state index contributed by atoms with van der Waals surface area (Å²) in [7, 11) is 0. The highest BCUT2D eigenvalue weighted by Gasteiger charge is 2.46. The fourth-order valence-electron chi connectivity index (χ4n) is 1.16. The molecule has 0 saturated carbocycles. The number of hydrogen-bond donors (Lipinski definition) is 1. The Hall–Kier alpha value is -0.500. The summed E-state index contributed by atoms with van der Waals surface area (Å²) in [5, 5.41) is 8.60. The van der Waals surface area contributed by atoms with Crippen LogP contribution in [0.3, 0.4) is 0 Å². The van der Waals surface area contributed by atoms with Crippen LogP contribution >= 0.6 is 0 Å². The van der Waals surface area contributed by atoms with Crippen molar-refractivity contribution in [1.29, 1.82) is 0 Å². The summed E-state index contributed by atoms with van der Waals surface area (Å²) in [6.07, 6.45) is 3.54. The molecule has 0 aromatic heterocycles. The molecule has 1 heterocycles.